The first kappa shape index (κ1) is 102. The molecule has 0 radical (unpaired) electrons. The number of nitrogens with zero attached hydrogens (tertiary/aromatic N) is 9. The number of benzene rings is 3. The SMILES string of the molecule is C.C.COCN(c1cc(Cl)cnc1Br)S(=O)(=O)c1ccc(Cl)c(C(F)(F)F)c1.COCN(c1cc(Cl)cnc1C(=O)c1ccc(C)nc1)S(=O)(=O)c1ccc(Cl)c(C(F)(F)F)c1.CON(C)C(=O)c1ccc(C)nc1.C[CH-]C.Cc1ccc(C(=O)c2ncc(Cl)cc2NS(=O)(=O)c2ccc(Cl)c(C(F)(F)F)c2)cn1.[Br-].[Mg+2]. The Kier molecular flexibility index (Phi) is 40.8. The first-order valence-electron chi connectivity index (χ1n) is 29.5. The van der Waals surface area contributed by atoms with Crippen molar-refractivity contribution < 1.29 is 110 Å². The quantitative estimate of drug-likeness (QED) is 0.0150. The van der Waals surface area contributed by atoms with Crippen LogP contribution in [0.4, 0.5) is 56.6 Å². The molecule has 0 saturated heterocycles. The summed E-state index contributed by atoms with van der Waals surface area (Å²) in [4.78, 5) is 63.9. The number of aryl methyl sites for hydroxylation is 3. The van der Waals surface area contributed by atoms with Gasteiger partial charge in [0.05, 0.1) is 91.2 Å². The summed E-state index contributed by atoms with van der Waals surface area (Å²) in [6.07, 6.45) is -4.90. The molecule has 0 spiro atoms. The maximum atomic E-state index is 13.4. The van der Waals surface area contributed by atoms with Crippen LogP contribution in [-0.4, -0.2) is 143 Å². The molecule has 0 bridgehead atoms. The predicted molar refractivity (Wildman–Crippen MR) is 406 cm³/mol. The fourth-order valence-electron chi connectivity index (χ4n) is 8.30. The summed E-state index contributed by atoms with van der Waals surface area (Å²) in [5.41, 5.74) is -2.17. The molecule has 598 valence electrons. The normalized spacial score (nSPS) is 11.2. The summed E-state index contributed by atoms with van der Waals surface area (Å²) in [5.74, 6) is -1.54. The van der Waals surface area contributed by atoms with Gasteiger partial charge in [0.2, 0.25) is 11.6 Å². The van der Waals surface area contributed by atoms with E-state index in [9.17, 15) is 79.2 Å². The second kappa shape index (κ2) is 44.3. The fraction of sp³-hybridized carbons (Fsp3) is 0.235. The number of alkyl halides is 9. The van der Waals surface area contributed by atoms with Gasteiger partial charge in [-0.1, -0.05) is 84.5 Å². The number of methoxy groups -OCH3 is 2. The Bertz CT molecular complexity index is 5030. The van der Waals surface area contributed by atoms with E-state index >= 15 is 0 Å². The van der Waals surface area contributed by atoms with Gasteiger partial charge in [-0.3, -0.25) is 38.9 Å². The number of carbonyl (C=O) groups excluding carboxylic acids is 3. The van der Waals surface area contributed by atoms with E-state index in [1.807, 2.05) is 27.2 Å². The van der Waals surface area contributed by atoms with Crippen molar-refractivity contribution in [1.82, 2.24) is 35.0 Å². The third kappa shape index (κ3) is 28.1. The molecular formula is C68H65Br2Cl6F9MgN10O12S3. The summed E-state index contributed by atoms with van der Waals surface area (Å²) < 4.78 is 210. The average Bonchev–Trinajstić information content (AvgIpc) is 0.774. The first-order chi connectivity index (χ1) is 49.8. The average molecular weight is 1880 g/mol. The number of ketones is 2. The van der Waals surface area contributed by atoms with Crippen LogP contribution in [0.3, 0.4) is 0 Å². The van der Waals surface area contributed by atoms with Gasteiger partial charge in [0, 0.05) is 86.7 Å². The smallest absolute Gasteiger partial charge is 1.00 e. The molecule has 0 saturated carbocycles. The zero-order chi connectivity index (χ0) is 80.5. The molecule has 0 unspecified atom stereocenters. The number of amides is 1. The maximum absolute atomic E-state index is 13.4. The Morgan fingerprint density at radius 1 is 0.486 bits per heavy atom. The van der Waals surface area contributed by atoms with E-state index < -0.39 is 120 Å². The number of hydroxylamine groups is 2. The van der Waals surface area contributed by atoms with Gasteiger partial charge in [-0.05, 0) is 146 Å². The summed E-state index contributed by atoms with van der Waals surface area (Å²) >= 11 is 37.6. The van der Waals surface area contributed by atoms with Crippen molar-refractivity contribution in [3.8, 4) is 0 Å². The van der Waals surface area contributed by atoms with E-state index in [0.29, 0.717) is 39.5 Å². The van der Waals surface area contributed by atoms with Crippen molar-refractivity contribution in [2.75, 3.05) is 55.2 Å². The minimum absolute atomic E-state index is 0. The molecule has 0 aliphatic heterocycles. The minimum Gasteiger partial charge on any atom is -1.00 e. The van der Waals surface area contributed by atoms with Gasteiger partial charge in [-0.25, -0.2) is 53.9 Å². The van der Waals surface area contributed by atoms with Gasteiger partial charge in [-0.15, -0.1) is 0 Å². The molecule has 0 atom stereocenters. The van der Waals surface area contributed by atoms with Crippen molar-refractivity contribution >= 4 is 173 Å². The number of anilines is 3. The van der Waals surface area contributed by atoms with Gasteiger partial charge in [-0.2, -0.15) is 53.4 Å². The number of hydrogen-bond donors (Lipinski definition) is 1. The Morgan fingerprint density at radius 3 is 1.19 bits per heavy atom. The Morgan fingerprint density at radius 2 is 0.820 bits per heavy atom. The van der Waals surface area contributed by atoms with Crippen molar-refractivity contribution in [3.63, 3.8) is 0 Å². The third-order valence-corrected chi connectivity index (χ3v) is 20.5. The number of carbonyl (C=O) groups is 3. The Balaban J connectivity index is 0.000000749. The Labute approximate surface area is 699 Å². The molecule has 1 amide bonds. The summed E-state index contributed by atoms with van der Waals surface area (Å²) in [6, 6.07) is 19.8. The van der Waals surface area contributed by atoms with Gasteiger partial charge in [0.25, 0.3) is 36.0 Å². The van der Waals surface area contributed by atoms with Crippen molar-refractivity contribution in [1.29, 1.82) is 0 Å². The van der Waals surface area contributed by atoms with Crippen LogP contribution < -0.4 is 30.3 Å². The number of ether oxygens (including phenoxy) is 2. The number of hydrogen-bond acceptors (Lipinski definition) is 18. The number of aromatic nitrogens is 6. The minimum atomic E-state index is -4.90. The van der Waals surface area contributed by atoms with Crippen molar-refractivity contribution in [2.24, 2.45) is 0 Å². The van der Waals surface area contributed by atoms with Crippen molar-refractivity contribution in [2.45, 2.75) is 82.7 Å². The first-order valence-corrected chi connectivity index (χ1v) is 36.9. The molecule has 0 aliphatic rings. The molecular weight excluding hydrogens is 1810 g/mol. The van der Waals surface area contributed by atoms with Gasteiger partial charge in [0.1, 0.15) is 29.5 Å². The molecule has 3 aromatic carbocycles. The maximum Gasteiger partial charge on any atom is 2.00 e. The van der Waals surface area contributed by atoms with Crippen LogP contribution in [0.2, 0.25) is 30.1 Å². The molecule has 9 aromatic rings. The van der Waals surface area contributed by atoms with Crippen molar-refractivity contribution in [3.05, 3.63) is 249 Å². The number of sulfonamides is 3. The zero-order valence-corrected chi connectivity index (χ0v) is 69.2. The monoisotopic (exact) mass is 1870 g/mol. The molecule has 6 aromatic heterocycles. The molecule has 43 heteroatoms. The zero-order valence-electron chi connectivity index (χ0n) is 57.6. The van der Waals surface area contributed by atoms with Crippen LogP contribution in [0, 0.1) is 27.2 Å². The van der Waals surface area contributed by atoms with E-state index in [1.54, 1.807) is 45.2 Å². The van der Waals surface area contributed by atoms with Gasteiger partial charge < -0.3 is 32.9 Å². The van der Waals surface area contributed by atoms with E-state index in [2.05, 4.69) is 50.6 Å². The van der Waals surface area contributed by atoms with Crippen LogP contribution >= 0.6 is 85.5 Å². The Hall–Kier alpha value is -6.66. The third-order valence-electron chi connectivity index (χ3n) is 13.5. The molecule has 0 fully saturated rings. The number of rotatable bonds is 19. The summed E-state index contributed by atoms with van der Waals surface area (Å²) in [7, 11) is -8.27. The summed E-state index contributed by atoms with van der Waals surface area (Å²) in [6.45, 7) is 8.17. The van der Waals surface area contributed by atoms with E-state index in [-0.39, 0.29) is 120 Å². The number of halogens is 17. The van der Waals surface area contributed by atoms with Crippen LogP contribution in [0.15, 0.2) is 166 Å². The second-order valence-electron chi connectivity index (χ2n) is 21.4. The van der Waals surface area contributed by atoms with E-state index in [0.717, 1.165) is 76.0 Å². The van der Waals surface area contributed by atoms with Gasteiger partial charge >= 0.3 is 41.6 Å². The summed E-state index contributed by atoms with van der Waals surface area (Å²) in [5, 5.41) is -0.658. The van der Waals surface area contributed by atoms with E-state index in [1.165, 1.54) is 64.3 Å². The van der Waals surface area contributed by atoms with Crippen LogP contribution in [0.5, 0.6) is 0 Å². The number of pyridine rings is 6. The number of nitrogens with one attached hydrogen (secondary N) is 1. The van der Waals surface area contributed by atoms with Crippen LogP contribution in [0.25, 0.3) is 0 Å². The standard InChI is InChI=1S/C21H16Cl2F3N3O4S.C19H12Cl2F3N3O3S.C14H10BrCl2F3N2O3S.C9H12N2O2.C3H7.2CH4.BrH.Mg/c1-12-3-4-13(9-27-12)20(30)19-18(7-14(22)10-28-19)29(11-33-2)34(31,32)15-5-6-17(23)16(8-15)21(24,25)26;1-10-2-3-11(8-25-10)18(28)17-16(6-12(20)9-26-17)27-31(29,30)13-4-5-15(21)14(7-13)19(22,23)24;1-25-7-22(12-4-8(16)6-21-13(12)15)26(23,24)9-2-3-11(17)10(5-9)14(18,19)20;1-7-4-5-8(6-10-7)9(12)11(2)13-3;1-3-2;;;;/h3-10H,11H2,1-2H3;2-9,27H,1H3;2-6H,7H2,1H3;4-6H,1-3H3;3H,1-2H3;2*1H4;1H;/q;;;;-1;;;;+2/p-1. The van der Waals surface area contributed by atoms with Gasteiger partial charge in [0.15, 0.2) is 0 Å². The predicted octanol–water partition coefficient (Wildman–Crippen LogP) is 15.4. The van der Waals surface area contributed by atoms with Crippen LogP contribution in [0.1, 0.15) is 105 Å². The molecule has 0 aliphatic carbocycles. The fourth-order valence-corrected chi connectivity index (χ4v) is 13.9. The molecule has 111 heavy (non-hydrogen) atoms. The molecule has 22 nitrogen and oxygen atoms in total. The van der Waals surface area contributed by atoms with Crippen LogP contribution in [-0.2, 0) is 62.9 Å². The topological polar surface area (TPSA) is 280 Å². The molecule has 9 rings (SSSR count). The largest absolute Gasteiger partial charge is 2.00 e. The van der Waals surface area contributed by atoms with E-state index in [4.69, 9.17) is 83.9 Å². The molecule has 6 heterocycles. The molecule has 1 N–H and O–H groups in total. The second-order valence-corrected chi connectivity index (χ2v) is 30.1.